The topological polar surface area (TPSA) is 77.9 Å². The first-order valence-corrected chi connectivity index (χ1v) is 9.95. The molecular formula is C17H23FN2O4S. The maximum Gasteiger partial charge on any atom is 0.219 e. The zero-order valence-electron chi connectivity index (χ0n) is 14.2. The monoisotopic (exact) mass is 370 g/mol. The van der Waals surface area contributed by atoms with Crippen LogP contribution in [0.15, 0.2) is 24.3 Å². The Hall–Kier alpha value is -1.51. The molecule has 2 heterocycles. The van der Waals surface area contributed by atoms with E-state index in [2.05, 4.69) is 0 Å². The predicted molar refractivity (Wildman–Crippen MR) is 90.5 cm³/mol. The third-order valence-electron chi connectivity index (χ3n) is 5.52. The quantitative estimate of drug-likeness (QED) is 0.851. The van der Waals surface area contributed by atoms with Crippen LogP contribution in [0.1, 0.15) is 18.9 Å². The number of likely N-dealkylation sites (tertiary alicyclic amines) is 1. The molecule has 8 heteroatoms. The number of nitrogens with zero attached hydrogens (tertiary/aromatic N) is 2. The summed E-state index contributed by atoms with van der Waals surface area (Å²) < 4.78 is 40.0. The van der Waals surface area contributed by atoms with Crippen molar-refractivity contribution >= 4 is 15.9 Å². The summed E-state index contributed by atoms with van der Waals surface area (Å²) in [5, 5.41) is 9.91. The molecule has 1 amide bonds. The first-order valence-electron chi connectivity index (χ1n) is 8.34. The molecule has 25 heavy (non-hydrogen) atoms. The van der Waals surface area contributed by atoms with Gasteiger partial charge in [0, 0.05) is 38.5 Å². The highest BCUT2D eigenvalue weighted by atomic mass is 32.2. The normalized spacial score (nSPS) is 27.3. The Balaban J connectivity index is 1.77. The van der Waals surface area contributed by atoms with Crippen LogP contribution >= 0.6 is 0 Å². The summed E-state index contributed by atoms with van der Waals surface area (Å²) in [6.07, 6.45) is 0.594. The smallest absolute Gasteiger partial charge is 0.219 e. The van der Waals surface area contributed by atoms with E-state index in [-0.39, 0.29) is 30.7 Å². The molecule has 2 aliphatic rings. The van der Waals surface area contributed by atoms with Crippen molar-refractivity contribution in [1.82, 2.24) is 9.21 Å². The number of halogens is 1. The van der Waals surface area contributed by atoms with Crippen LogP contribution in [-0.4, -0.2) is 61.4 Å². The van der Waals surface area contributed by atoms with Crippen molar-refractivity contribution in [3.8, 4) is 0 Å². The van der Waals surface area contributed by atoms with Gasteiger partial charge in [-0.15, -0.1) is 0 Å². The van der Waals surface area contributed by atoms with Crippen LogP contribution in [0.25, 0.3) is 0 Å². The Bertz CT molecular complexity index is 752. The zero-order valence-corrected chi connectivity index (χ0v) is 15.0. The van der Waals surface area contributed by atoms with Gasteiger partial charge in [-0.05, 0) is 30.0 Å². The molecule has 2 saturated heterocycles. The van der Waals surface area contributed by atoms with Gasteiger partial charge in [0.2, 0.25) is 15.9 Å². The molecule has 3 rings (SSSR count). The van der Waals surface area contributed by atoms with Crippen molar-refractivity contribution in [3.63, 3.8) is 0 Å². The molecule has 1 N–H and O–H groups in total. The van der Waals surface area contributed by atoms with E-state index >= 15 is 0 Å². The van der Waals surface area contributed by atoms with Gasteiger partial charge in [0.25, 0.3) is 0 Å². The highest BCUT2D eigenvalue weighted by molar-refractivity contribution is 7.88. The molecule has 6 nitrogen and oxygen atoms in total. The number of sulfonamides is 1. The van der Waals surface area contributed by atoms with Gasteiger partial charge >= 0.3 is 0 Å². The van der Waals surface area contributed by atoms with E-state index in [4.69, 9.17) is 0 Å². The fraction of sp³-hybridized carbons (Fsp3) is 0.588. The molecule has 0 spiro atoms. The lowest BCUT2D eigenvalue weighted by Crippen LogP contribution is -2.50. The summed E-state index contributed by atoms with van der Waals surface area (Å²) in [5.74, 6) is -0.702. The van der Waals surface area contributed by atoms with E-state index in [1.165, 1.54) is 35.5 Å². The first kappa shape index (κ1) is 18.3. The Morgan fingerprint density at radius 2 is 2.00 bits per heavy atom. The average molecular weight is 370 g/mol. The number of amides is 1. The summed E-state index contributed by atoms with van der Waals surface area (Å²) in [5.41, 5.74) is 0.0432. The zero-order chi connectivity index (χ0) is 18.2. The van der Waals surface area contributed by atoms with Crippen LogP contribution < -0.4 is 0 Å². The van der Waals surface area contributed by atoms with Gasteiger partial charge in [0.05, 0.1) is 12.4 Å². The molecule has 0 saturated carbocycles. The summed E-state index contributed by atoms with van der Waals surface area (Å²) in [4.78, 5) is 13.3. The van der Waals surface area contributed by atoms with E-state index in [9.17, 15) is 22.7 Å². The fourth-order valence-corrected chi connectivity index (χ4v) is 5.53. The van der Waals surface area contributed by atoms with Gasteiger partial charge in [-0.3, -0.25) is 4.79 Å². The highest BCUT2D eigenvalue weighted by Gasteiger charge is 2.52. The predicted octanol–water partition coefficient (Wildman–Crippen LogP) is 0.818. The molecule has 0 aromatic heterocycles. The van der Waals surface area contributed by atoms with Crippen molar-refractivity contribution in [3.05, 3.63) is 35.6 Å². The second-order valence-electron chi connectivity index (χ2n) is 7.11. The average Bonchev–Trinajstić information content (AvgIpc) is 2.97. The van der Waals surface area contributed by atoms with Crippen molar-refractivity contribution in [2.75, 3.05) is 32.8 Å². The molecule has 2 aliphatic heterocycles. The third kappa shape index (κ3) is 3.56. The lowest BCUT2D eigenvalue weighted by Gasteiger charge is -2.42. The number of rotatable bonds is 4. The molecule has 138 valence electrons. The number of aliphatic hydroxyl groups excluding tert-OH is 1. The van der Waals surface area contributed by atoms with Crippen LogP contribution in [0.2, 0.25) is 0 Å². The number of hydrogen-bond donors (Lipinski definition) is 1. The Labute approximate surface area is 147 Å². The molecule has 0 aliphatic carbocycles. The Morgan fingerprint density at radius 3 is 2.60 bits per heavy atom. The van der Waals surface area contributed by atoms with Gasteiger partial charge in [-0.1, -0.05) is 12.1 Å². The highest BCUT2D eigenvalue weighted by Crippen LogP contribution is 2.43. The largest absolute Gasteiger partial charge is 0.396 e. The minimum Gasteiger partial charge on any atom is -0.396 e. The number of piperidine rings is 1. The summed E-state index contributed by atoms with van der Waals surface area (Å²) >= 11 is 0. The van der Waals surface area contributed by atoms with E-state index < -0.39 is 21.3 Å². The van der Waals surface area contributed by atoms with Crippen LogP contribution in [-0.2, 0) is 20.6 Å². The van der Waals surface area contributed by atoms with Crippen molar-refractivity contribution in [2.24, 2.45) is 11.3 Å². The van der Waals surface area contributed by atoms with Crippen molar-refractivity contribution in [1.29, 1.82) is 0 Å². The van der Waals surface area contributed by atoms with E-state index in [1.807, 2.05) is 0 Å². The van der Waals surface area contributed by atoms with E-state index in [1.54, 1.807) is 4.90 Å². The Morgan fingerprint density at radius 1 is 1.32 bits per heavy atom. The van der Waals surface area contributed by atoms with Gasteiger partial charge < -0.3 is 10.0 Å². The number of aliphatic hydroxyl groups is 1. The third-order valence-corrected chi connectivity index (χ3v) is 7.28. The van der Waals surface area contributed by atoms with Crippen molar-refractivity contribution < 1.29 is 22.7 Å². The minimum atomic E-state index is -3.57. The number of fused-ring (bicyclic) bond motifs is 1. The van der Waals surface area contributed by atoms with E-state index in [0.717, 1.165) is 0 Å². The molecule has 2 atom stereocenters. The second-order valence-corrected chi connectivity index (χ2v) is 9.08. The fourth-order valence-electron chi connectivity index (χ4n) is 3.87. The van der Waals surface area contributed by atoms with Crippen LogP contribution in [0.3, 0.4) is 0 Å². The molecule has 0 unspecified atom stereocenters. The molecule has 0 radical (unpaired) electrons. The first-order chi connectivity index (χ1) is 11.8. The van der Waals surface area contributed by atoms with Gasteiger partial charge in [0.1, 0.15) is 5.82 Å². The number of hydrogen-bond acceptors (Lipinski definition) is 4. The summed E-state index contributed by atoms with van der Waals surface area (Å²) in [6.45, 7) is 2.99. The number of carbonyl (C=O) groups is 1. The number of carbonyl (C=O) groups excluding carboxylic acids is 1. The SMILES string of the molecule is CC(=O)N1CC[C@@]2(CO)CN(S(=O)(=O)Cc3ccc(F)cc3)C[C@H]2C1. The van der Waals surface area contributed by atoms with Crippen LogP contribution in [0.4, 0.5) is 4.39 Å². The molecule has 1 aromatic carbocycles. The maximum absolute atomic E-state index is 13.0. The molecule has 2 fully saturated rings. The standard InChI is InChI=1S/C17H23FN2O4S/c1-13(22)19-7-6-17(12-21)11-20(9-15(17)8-19)25(23,24)10-14-2-4-16(18)5-3-14/h2-5,15,21H,6-12H2,1H3/t15-,17+/m1/s1. The summed E-state index contributed by atoms with van der Waals surface area (Å²) in [7, 11) is -3.57. The summed E-state index contributed by atoms with van der Waals surface area (Å²) in [6, 6.07) is 5.42. The second kappa shape index (κ2) is 6.66. The number of benzene rings is 1. The maximum atomic E-state index is 13.0. The van der Waals surface area contributed by atoms with Gasteiger partial charge in [-0.25, -0.2) is 17.1 Å². The minimum absolute atomic E-state index is 0.0286. The van der Waals surface area contributed by atoms with E-state index in [0.29, 0.717) is 31.6 Å². The van der Waals surface area contributed by atoms with Gasteiger partial charge in [0.15, 0.2) is 0 Å². The Kier molecular flexibility index (Phi) is 4.87. The van der Waals surface area contributed by atoms with Gasteiger partial charge in [-0.2, -0.15) is 0 Å². The van der Waals surface area contributed by atoms with Crippen LogP contribution in [0, 0.1) is 17.2 Å². The van der Waals surface area contributed by atoms with Crippen molar-refractivity contribution in [2.45, 2.75) is 19.1 Å². The molecule has 1 aromatic rings. The molecule has 0 bridgehead atoms. The lowest BCUT2D eigenvalue weighted by molar-refractivity contribution is -0.133. The van der Waals surface area contributed by atoms with Crippen LogP contribution in [0.5, 0.6) is 0 Å². The molecular weight excluding hydrogens is 347 g/mol. The lowest BCUT2D eigenvalue weighted by atomic mass is 9.73.